The van der Waals surface area contributed by atoms with Crippen LogP contribution in [0.1, 0.15) is 23.1 Å². The molecule has 39 heavy (non-hydrogen) atoms. The van der Waals surface area contributed by atoms with Gasteiger partial charge in [-0.15, -0.1) is 0 Å². The third-order valence-electron chi connectivity index (χ3n) is 7.43. The van der Waals surface area contributed by atoms with Crippen LogP contribution in [0.3, 0.4) is 0 Å². The normalized spacial score (nSPS) is 17.2. The first-order chi connectivity index (χ1) is 19.1. The highest BCUT2D eigenvalue weighted by atomic mass is 127. The summed E-state index contributed by atoms with van der Waals surface area (Å²) in [7, 11) is 0. The largest absolute Gasteiger partial charge is 0.243 e. The van der Waals surface area contributed by atoms with Crippen molar-refractivity contribution in [3.05, 3.63) is 156 Å². The molecule has 7 rings (SSSR count). The van der Waals surface area contributed by atoms with Gasteiger partial charge in [0.25, 0.3) is 0 Å². The zero-order valence-electron chi connectivity index (χ0n) is 21.3. The second kappa shape index (κ2) is 9.90. The molecule has 1 unspecified atom stereocenters. The third-order valence-corrected chi connectivity index (χ3v) is 8.68. The minimum Gasteiger partial charge on any atom is -0.243 e. The first kappa shape index (κ1) is 24.0. The maximum atomic E-state index is 5.30. The monoisotopic (exact) mass is 612 g/mol. The molecule has 186 valence electrons. The molecule has 0 spiro atoms. The van der Waals surface area contributed by atoms with Crippen molar-refractivity contribution in [2.24, 2.45) is 9.98 Å². The average molecular weight is 613 g/mol. The zero-order valence-corrected chi connectivity index (χ0v) is 23.4. The predicted molar refractivity (Wildman–Crippen MR) is 173 cm³/mol. The van der Waals surface area contributed by atoms with Gasteiger partial charge < -0.3 is 0 Å². The molecule has 3 heteroatoms. The highest BCUT2D eigenvalue weighted by Crippen LogP contribution is 2.43. The number of aliphatic imine (C=N–C) groups is 2. The van der Waals surface area contributed by atoms with Crippen LogP contribution < -0.4 is 0 Å². The lowest BCUT2D eigenvalue weighted by molar-refractivity contribution is 0.720. The zero-order chi connectivity index (χ0) is 26.2. The van der Waals surface area contributed by atoms with Crippen LogP contribution in [0.15, 0.2) is 150 Å². The molecule has 0 aliphatic carbocycles. The number of nitrogens with zero attached hydrogens (tertiary/aromatic N) is 2. The summed E-state index contributed by atoms with van der Waals surface area (Å²) in [5, 5.41) is 4.90. The Kier molecular flexibility index (Phi) is 6.09. The highest BCUT2D eigenvalue weighted by molar-refractivity contribution is 14.1. The van der Waals surface area contributed by atoms with Crippen molar-refractivity contribution < 1.29 is 0 Å². The Morgan fingerprint density at radius 2 is 1.08 bits per heavy atom. The first-order valence-electron chi connectivity index (χ1n) is 13.2. The molecule has 6 aromatic rings. The third kappa shape index (κ3) is 4.68. The van der Waals surface area contributed by atoms with E-state index in [0.717, 1.165) is 22.7 Å². The average Bonchev–Trinajstić information content (AvgIpc) is 3.01. The number of amidine groups is 1. The number of benzene rings is 6. The topological polar surface area (TPSA) is 24.7 Å². The SMILES string of the molecule is IC1(c2ccc3ccc(-c4ccccc4)cc3c2)CC(c2ccc3ccccc3c2)=NC(c2ccccc2)=N1. The summed E-state index contributed by atoms with van der Waals surface area (Å²) in [5.74, 6) is 0.776. The van der Waals surface area contributed by atoms with E-state index in [0.29, 0.717) is 6.42 Å². The Balaban J connectivity index is 1.35. The molecule has 0 saturated heterocycles. The molecule has 1 aliphatic rings. The molecule has 0 saturated carbocycles. The van der Waals surface area contributed by atoms with Gasteiger partial charge in [-0.1, -0.05) is 121 Å². The fourth-order valence-electron chi connectivity index (χ4n) is 5.34. The molecular formula is C36H25IN2. The van der Waals surface area contributed by atoms with Crippen LogP contribution in [0.5, 0.6) is 0 Å². The van der Waals surface area contributed by atoms with Gasteiger partial charge in [-0.25, -0.2) is 9.98 Å². The molecule has 1 atom stereocenters. The number of alkyl halides is 1. The van der Waals surface area contributed by atoms with Crippen LogP contribution in [0.4, 0.5) is 0 Å². The van der Waals surface area contributed by atoms with Gasteiger partial charge in [0.2, 0.25) is 0 Å². The molecule has 0 fully saturated rings. The molecule has 6 aromatic carbocycles. The Bertz CT molecular complexity index is 1890. The van der Waals surface area contributed by atoms with Gasteiger partial charge in [0.05, 0.1) is 5.71 Å². The molecule has 0 amide bonds. The summed E-state index contributed by atoms with van der Waals surface area (Å²) in [4.78, 5) is 10.4. The highest BCUT2D eigenvalue weighted by Gasteiger charge is 2.35. The lowest BCUT2D eigenvalue weighted by Gasteiger charge is -2.30. The van der Waals surface area contributed by atoms with Crippen LogP contribution in [0, 0.1) is 0 Å². The summed E-state index contributed by atoms with van der Waals surface area (Å²) in [6.45, 7) is 0. The number of rotatable bonds is 4. The number of fused-ring (bicyclic) bond motifs is 2. The molecule has 0 bridgehead atoms. The van der Waals surface area contributed by atoms with E-state index in [2.05, 4.69) is 144 Å². The van der Waals surface area contributed by atoms with E-state index < -0.39 is 3.55 Å². The lowest BCUT2D eigenvalue weighted by Crippen LogP contribution is -2.27. The van der Waals surface area contributed by atoms with Gasteiger partial charge in [-0.05, 0) is 84.6 Å². The number of hydrogen-bond donors (Lipinski definition) is 0. The van der Waals surface area contributed by atoms with E-state index >= 15 is 0 Å². The molecule has 0 radical (unpaired) electrons. The maximum absolute atomic E-state index is 5.30. The molecule has 1 aliphatic heterocycles. The smallest absolute Gasteiger partial charge is 0.156 e. The van der Waals surface area contributed by atoms with Crippen molar-refractivity contribution in [3.63, 3.8) is 0 Å². The fourth-order valence-corrected chi connectivity index (χ4v) is 6.26. The predicted octanol–water partition coefficient (Wildman–Crippen LogP) is 9.59. The van der Waals surface area contributed by atoms with E-state index in [1.165, 1.54) is 38.2 Å². The Morgan fingerprint density at radius 3 is 1.85 bits per heavy atom. The van der Waals surface area contributed by atoms with Crippen LogP contribution >= 0.6 is 22.6 Å². The number of halogens is 1. The minimum absolute atomic E-state index is 0.484. The first-order valence-corrected chi connectivity index (χ1v) is 14.2. The van der Waals surface area contributed by atoms with Gasteiger partial charge >= 0.3 is 0 Å². The van der Waals surface area contributed by atoms with Crippen molar-refractivity contribution in [1.29, 1.82) is 0 Å². The lowest BCUT2D eigenvalue weighted by atomic mass is 9.92. The van der Waals surface area contributed by atoms with Crippen molar-refractivity contribution >= 4 is 55.7 Å². The molecule has 0 aromatic heterocycles. The summed E-state index contributed by atoms with van der Waals surface area (Å²) in [5.41, 5.74) is 6.86. The Hall–Kier alpha value is -4.09. The van der Waals surface area contributed by atoms with Crippen molar-refractivity contribution in [1.82, 2.24) is 0 Å². The van der Waals surface area contributed by atoms with Crippen molar-refractivity contribution in [2.75, 3.05) is 0 Å². The van der Waals surface area contributed by atoms with Crippen LogP contribution in [-0.2, 0) is 3.55 Å². The summed E-state index contributed by atoms with van der Waals surface area (Å²) < 4.78 is -0.484. The summed E-state index contributed by atoms with van der Waals surface area (Å²) in [6.07, 6.45) is 0.714. The quantitative estimate of drug-likeness (QED) is 0.108. The van der Waals surface area contributed by atoms with E-state index in [9.17, 15) is 0 Å². The van der Waals surface area contributed by atoms with Gasteiger partial charge in [0, 0.05) is 12.0 Å². The van der Waals surface area contributed by atoms with Crippen LogP contribution in [0.2, 0.25) is 0 Å². The van der Waals surface area contributed by atoms with Gasteiger partial charge in [-0.2, -0.15) is 0 Å². The Morgan fingerprint density at radius 1 is 0.487 bits per heavy atom. The minimum atomic E-state index is -0.484. The van der Waals surface area contributed by atoms with Crippen LogP contribution in [0.25, 0.3) is 32.7 Å². The van der Waals surface area contributed by atoms with Gasteiger partial charge in [-0.3, -0.25) is 0 Å². The van der Waals surface area contributed by atoms with E-state index in [4.69, 9.17) is 9.98 Å². The Labute approximate surface area is 241 Å². The molecular weight excluding hydrogens is 587 g/mol. The maximum Gasteiger partial charge on any atom is 0.156 e. The second-order valence-electron chi connectivity index (χ2n) is 10.0. The van der Waals surface area contributed by atoms with E-state index in [-0.39, 0.29) is 0 Å². The molecule has 0 N–H and O–H groups in total. The molecule has 1 heterocycles. The van der Waals surface area contributed by atoms with E-state index in [1.54, 1.807) is 0 Å². The van der Waals surface area contributed by atoms with Crippen molar-refractivity contribution in [2.45, 2.75) is 9.97 Å². The standard InChI is InChI=1S/C36H25IN2/c37-36(33-20-19-27-15-17-30(22-32(27)23-33)25-9-3-1-4-10-25)24-34(38-35(39-36)28-12-5-2-6-13-28)31-18-16-26-11-7-8-14-29(26)21-31/h1-23H,24H2. The van der Waals surface area contributed by atoms with Crippen LogP contribution in [-0.4, -0.2) is 11.5 Å². The van der Waals surface area contributed by atoms with Gasteiger partial charge in [0.1, 0.15) is 3.55 Å². The fraction of sp³-hybridized carbons (Fsp3) is 0.0556. The van der Waals surface area contributed by atoms with E-state index in [1.807, 2.05) is 18.2 Å². The van der Waals surface area contributed by atoms with Crippen molar-refractivity contribution in [3.8, 4) is 11.1 Å². The van der Waals surface area contributed by atoms with Gasteiger partial charge in [0.15, 0.2) is 5.84 Å². The summed E-state index contributed by atoms with van der Waals surface area (Å²) in [6, 6.07) is 49.5. The second-order valence-corrected chi connectivity index (χ2v) is 11.8. The molecule has 2 nitrogen and oxygen atoms in total. The summed E-state index contributed by atoms with van der Waals surface area (Å²) >= 11 is 2.54. The number of hydrogen-bond acceptors (Lipinski definition) is 2.